The Morgan fingerprint density at radius 1 is 1.03 bits per heavy atom. The monoisotopic (exact) mass is 559 g/mol. The summed E-state index contributed by atoms with van der Waals surface area (Å²) >= 11 is 5.23. The first-order chi connectivity index (χ1) is 18.1. The Hall–Kier alpha value is -3.97. The van der Waals surface area contributed by atoms with Gasteiger partial charge in [0.15, 0.2) is 10.9 Å². The van der Waals surface area contributed by atoms with Crippen LogP contribution in [0.25, 0.3) is 0 Å². The minimum absolute atomic E-state index is 0.0186. The van der Waals surface area contributed by atoms with Gasteiger partial charge in [-0.25, -0.2) is 8.42 Å². The maximum atomic E-state index is 12.8. The summed E-state index contributed by atoms with van der Waals surface area (Å²) in [4.78, 5) is 20.4. The van der Waals surface area contributed by atoms with Crippen LogP contribution in [0.1, 0.15) is 37.0 Å². The van der Waals surface area contributed by atoms with E-state index in [9.17, 15) is 13.2 Å². The van der Waals surface area contributed by atoms with Crippen molar-refractivity contribution in [1.29, 1.82) is 0 Å². The molecule has 0 aliphatic heterocycles. The van der Waals surface area contributed by atoms with Crippen LogP contribution in [-0.4, -0.2) is 49.7 Å². The summed E-state index contributed by atoms with van der Waals surface area (Å²) < 4.78 is 43.7. The lowest BCUT2D eigenvalue weighted by atomic mass is 10.2. The lowest BCUT2D eigenvalue weighted by molar-refractivity contribution is 0.0977. The summed E-state index contributed by atoms with van der Waals surface area (Å²) in [5.41, 5.74) is 0.892. The van der Waals surface area contributed by atoms with Crippen molar-refractivity contribution >= 4 is 44.8 Å². The molecule has 0 bridgehead atoms. The van der Waals surface area contributed by atoms with Gasteiger partial charge >= 0.3 is 6.01 Å². The average molecular weight is 560 g/mol. The number of hydrogen-bond donors (Lipinski definition) is 3. The van der Waals surface area contributed by atoms with Gasteiger partial charge in [-0.05, 0) is 74.1 Å². The second-order valence-electron chi connectivity index (χ2n) is 8.06. The van der Waals surface area contributed by atoms with Gasteiger partial charge in [0.05, 0.1) is 25.2 Å². The number of nitrogens with one attached hydrogen (secondary N) is 3. The Bertz CT molecular complexity index is 1340. The Morgan fingerprint density at radius 3 is 2.32 bits per heavy atom. The molecule has 0 radical (unpaired) electrons. The highest BCUT2D eigenvalue weighted by molar-refractivity contribution is 7.92. The highest BCUT2D eigenvalue weighted by Crippen LogP contribution is 2.22. The summed E-state index contributed by atoms with van der Waals surface area (Å²) in [6.45, 7) is 4.09. The number of hydrogen-bond acceptors (Lipinski definition) is 9. The van der Waals surface area contributed by atoms with Gasteiger partial charge in [0.25, 0.3) is 15.9 Å². The summed E-state index contributed by atoms with van der Waals surface area (Å²) in [5.74, 6) is 0.408. The number of anilines is 2. The van der Waals surface area contributed by atoms with E-state index in [-0.39, 0.29) is 33.8 Å². The van der Waals surface area contributed by atoms with Crippen LogP contribution >= 0.6 is 12.2 Å². The molecule has 0 spiro atoms. The van der Waals surface area contributed by atoms with E-state index in [0.717, 1.165) is 12.8 Å². The van der Waals surface area contributed by atoms with Gasteiger partial charge in [0.1, 0.15) is 5.75 Å². The molecule has 3 N–H and O–H groups in total. The number of thiocarbonyl (C=S) groups is 1. The van der Waals surface area contributed by atoms with Crippen LogP contribution in [0.3, 0.4) is 0 Å². The summed E-state index contributed by atoms with van der Waals surface area (Å²) in [6, 6.07) is 13.8. The second-order valence-corrected chi connectivity index (χ2v) is 10.2. The molecule has 2 aromatic carbocycles. The lowest BCUT2D eigenvalue weighted by Crippen LogP contribution is -2.34. The molecule has 1 aromatic heterocycles. The first-order valence-corrected chi connectivity index (χ1v) is 13.5. The number of carbonyl (C=O) groups is 1. The maximum absolute atomic E-state index is 12.8. The highest BCUT2D eigenvalue weighted by Gasteiger charge is 2.17. The van der Waals surface area contributed by atoms with Crippen molar-refractivity contribution in [1.82, 2.24) is 15.3 Å². The van der Waals surface area contributed by atoms with Crippen molar-refractivity contribution in [2.75, 3.05) is 24.3 Å². The molecular formula is C25H29N5O6S2. The van der Waals surface area contributed by atoms with Crippen LogP contribution in [-0.2, 0) is 10.0 Å². The standard InChI is InChI=1S/C25H29N5O6S2/c1-5-6-16(2)36-19-11-7-17(8-12-19)23(31)29-25(37)26-18-9-13-20(14-10-18)38(32,33)30-21-15-22(34-3)28-24(27-21)35-4/h7-16H,5-6H2,1-4H3,(H,27,28,30)(H2,26,29,31,37). The van der Waals surface area contributed by atoms with Crippen LogP contribution in [0, 0.1) is 0 Å². The molecule has 1 heterocycles. The zero-order valence-corrected chi connectivity index (χ0v) is 23.0. The third kappa shape index (κ3) is 8.02. The van der Waals surface area contributed by atoms with Gasteiger partial charge in [0, 0.05) is 17.3 Å². The van der Waals surface area contributed by atoms with Gasteiger partial charge in [-0.3, -0.25) is 14.8 Å². The van der Waals surface area contributed by atoms with Gasteiger partial charge in [-0.1, -0.05) is 13.3 Å². The molecule has 11 nitrogen and oxygen atoms in total. The molecule has 0 aliphatic rings. The van der Waals surface area contributed by atoms with Crippen LogP contribution in [0.5, 0.6) is 17.6 Å². The van der Waals surface area contributed by atoms with Crippen LogP contribution in [0.4, 0.5) is 11.5 Å². The summed E-state index contributed by atoms with van der Waals surface area (Å²) in [5, 5.41) is 5.51. The fourth-order valence-corrected chi connectivity index (χ4v) is 4.49. The van der Waals surface area contributed by atoms with Gasteiger partial charge < -0.3 is 19.5 Å². The number of benzene rings is 2. The van der Waals surface area contributed by atoms with E-state index in [1.165, 1.54) is 44.6 Å². The minimum Gasteiger partial charge on any atom is -0.491 e. The average Bonchev–Trinajstić information content (AvgIpc) is 2.88. The molecular weight excluding hydrogens is 530 g/mol. The summed E-state index contributed by atoms with van der Waals surface area (Å²) in [6.07, 6.45) is 2.06. The predicted octanol–water partition coefficient (Wildman–Crippen LogP) is 3.99. The van der Waals surface area contributed by atoms with E-state index >= 15 is 0 Å². The fourth-order valence-electron chi connectivity index (χ4n) is 3.29. The highest BCUT2D eigenvalue weighted by atomic mass is 32.2. The third-order valence-electron chi connectivity index (χ3n) is 5.11. The van der Waals surface area contributed by atoms with Crippen molar-refractivity contribution < 1.29 is 27.4 Å². The molecule has 202 valence electrons. The summed E-state index contributed by atoms with van der Waals surface area (Å²) in [7, 11) is -1.23. The molecule has 0 fully saturated rings. The number of sulfonamides is 1. The molecule has 1 amide bonds. The number of aromatic nitrogens is 2. The number of carbonyl (C=O) groups excluding carboxylic acids is 1. The van der Waals surface area contributed by atoms with Crippen molar-refractivity contribution in [2.24, 2.45) is 0 Å². The Kier molecular flexibility index (Phi) is 9.79. The zero-order valence-electron chi connectivity index (χ0n) is 21.3. The number of rotatable bonds is 11. The molecule has 3 rings (SSSR count). The molecule has 38 heavy (non-hydrogen) atoms. The van der Waals surface area contributed by atoms with E-state index in [1.807, 2.05) is 6.92 Å². The number of ether oxygens (including phenoxy) is 3. The van der Waals surface area contributed by atoms with Gasteiger partial charge in [-0.15, -0.1) is 0 Å². The normalized spacial score (nSPS) is 11.7. The molecule has 0 saturated heterocycles. The van der Waals surface area contributed by atoms with Crippen molar-refractivity contribution in [3.05, 3.63) is 60.2 Å². The zero-order chi connectivity index (χ0) is 27.7. The Balaban J connectivity index is 1.59. The Labute approximate surface area is 227 Å². The number of methoxy groups -OCH3 is 2. The molecule has 3 aromatic rings. The van der Waals surface area contributed by atoms with E-state index < -0.39 is 15.9 Å². The van der Waals surface area contributed by atoms with Crippen molar-refractivity contribution in [3.63, 3.8) is 0 Å². The molecule has 13 heteroatoms. The smallest absolute Gasteiger partial charge is 0.321 e. The first kappa shape index (κ1) is 28.6. The topological polar surface area (TPSA) is 141 Å². The fraction of sp³-hybridized carbons (Fsp3) is 0.280. The maximum Gasteiger partial charge on any atom is 0.321 e. The lowest BCUT2D eigenvalue weighted by Gasteiger charge is -2.14. The van der Waals surface area contributed by atoms with Gasteiger partial charge in [0.2, 0.25) is 5.88 Å². The van der Waals surface area contributed by atoms with E-state index in [2.05, 4.69) is 32.2 Å². The first-order valence-electron chi connectivity index (χ1n) is 11.6. The molecule has 0 saturated carbocycles. The predicted molar refractivity (Wildman–Crippen MR) is 148 cm³/mol. The number of amides is 1. The van der Waals surface area contributed by atoms with Crippen LogP contribution < -0.4 is 29.6 Å². The quantitative estimate of drug-likeness (QED) is 0.295. The van der Waals surface area contributed by atoms with E-state index in [1.54, 1.807) is 24.3 Å². The second kappa shape index (κ2) is 13.0. The Morgan fingerprint density at radius 2 is 1.71 bits per heavy atom. The molecule has 0 aliphatic carbocycles. The van der Waals surface area contributed by atoms with Gasteiger partial charge in [-0.2, -0.15) is 9.97 Å². The molecule has 1 unspecified atom stereocenters. The van der Waals surface area contributed by atoms with Crippen LogP contribution in [0.2, 0.25) is 0 Å². The largest absolute Gasteiger partial charge is 0.491 e. The third-order valence-corrected chi connectivity index (χ3v) is 6.69. The van der Waals surface area contributed by atoms with Crippen LogP contribution in [0.15, 0.2) is 59.5 Å². The SMILES string of the molecule is CCCC(C)Oc1ccc(C(=O)NC(=S)Nc2ccc(S(=O)(=O)Nc3cc(OC)nc(OC)n3)cc2)cc1. The van der Waals surface area contributed by atoms with Crippen molar-refractivity contribution in [3.8, 4) is 17.6 Å². The molecule has 1 atom stereocenters. The minimum atomic E-state index is -3.97. The van der Waals surface area contributed by atoms with Crippen molar-refractivity contribution in [2.45, 2.75) is 37.7 Å². The number of nitrogens with zero attached hydrogens (tertiary/aromatic N) is 2. The van der Waals surface area contributed by atoms with E-state index in [0.29, 0.717) is 17.0 Å². The van der Waals surface area contributed by atoms with E-state index in [4.69, 9.17) is 26.4 Å².